The second kappa shape index (κ2) is 9.68. The minimum atomic E-state index is -0.470. The van der Waals surface area contributed by atoms with E-state index in [1.807, 2.05) is 54.6 Å². The van der Waals surface area contributed by atoms with Crippen molar-refractivity contribution in [2.45, 2.75) is 19.4 Å². The second-order valence-electron chi connectivity index (χ2n) is 6.83. The van der Waals surface area contributed by atoms with Gasteiger partial charge in [-0.1, -0.05) is 42.5 Å². The highest BCUT2D eigenvalue weighted by molar-refractivity contribution is 5.96. The van der Waals surface area contributed by atoms with E-state index in [1.54, 1.807) is 11.0 Å². The number of benzene rings is 2. The van der Waals surface area contributed by atoms with Crippen LogP contribution in [0.5, 0.6) is 0 Å². The monoisotopic (exact) mass is 392 g/mol. The zero-order valence-electron chi connectivity index (χ0n) is 16.4. The van der Waals surface area contributed by atoms with Gasteiger partial charge in [-0.25, -0.2) is 0 Å². The Morgan fingerprint density at radius 2 is 1.83 bits per heavy atom. The molecule has 0 radical (unpaired) electrons. The molecule has 150 valence electrons. The molecule has 0 aromatic heterocycles. The molecule has 0 saturated carbocycles. The molecule has 6 heteroatoms. The molecule has 2 aromatic rings. The summed E-state index contributed by atoms with van der Waals surface area (Å²) in [7, 11) is 1.30. The maximum absolute atomic E-state index is 12.7. The van der Waals surface area contributed by atoms with Crippen molar-refractivity contribution in [3.05, 3.63) is 71.8 Å². The summed E-state index contributed by atoms with van der Waals surface area (Å²) in [5.74, 6) is -0.608. The molecule has 1 aliphatic heterocycles. The number of anilines is 1. The number of carbonyl (C=O) groups excluding carboxylic acids is 3. The Kier molecular flexibility index (Phi) is 6.79. The number of esters is 1. The molecule has 1 aliphatic rings. The first kappa shape index (κ1) is 20.3. The van der Waals surface area contributed by atoms with Crippen LogP contribution in [0, 0.1) is 0 Å². The largest absolute Gasteiger partial charge is 0.468 e. The second-order valence-corrected chi connectivity index (χ2v) is 6.83. The van der Waals surface area contributed by atoms with Crippen LogP contribution >= 0.6 is 0 Å². The van der Waals surface area contributed by atoms with E-state index in [1.165, 1.54) is 18.1 Å². The Hall–Kier alpha value is -3.41. The zero-order valence-corrected chi connectivity index (χ0v) is 16.4. The number of hydrogen-bond acceptors (Lipinski definition) is 4. The average Bonchev–Trinajstić information content (AvgIpc) is 3.18. The summed E-state index contributed by atoms with van der Waals surface area (Å²) in [5.41, 5.74) is 2.64. The highest BCUT2D eigenvalue weighted by Gasteiger charge is 2.21. The molecule has 2 amide bonds. The van der Waals surface area contributed by atoms with Crippen molar-refractivity contribution in [2.75, 3.05) is 25.1 Å². The van der Waals surface area contributed by atoms with E-state index in [2.05, 4.69) is 0 Å². The zero-order chi connectivity index (χ0) is 20.6. The summed E-state index contributed by atoms with van der Waals surface area (Å²) in [6, 6.07) is 17.0. The molecule has 1 fully saturated rings. The molecule has 2 aromatic carbocycles. The van der Waals surface area contributed by atoms with Crippen molar-refractivity contribution >= 4 is 29.5 Å². The van der Waals surface area contributed by atoms with Gasteiger partial charge in [-0.15, -0.1) is 0 Å². The van der Waals surface area contributed by atoms with Gasteiger partial charge in [-0.05, 0) is 35.8 Å². The molecule has 0 N–H and O–H groups in total. The van der Waals surface area contributed by atoms with Gasteiger partial charge in [0.2, 0.25) is 11.8 Å². The predicted octanol–water partition coefficient (Wildman–Crippen LogP) is 3.03. The smallest absolute Gasteiger partial charge is 0.325 e. The molecule has 6 nitrogen and oxygen atoms in total. The predicted molar refractivity (Wildman–Crippen MR) is 111 cm³/mol. The van der Waals surface area contributed by atoms with E-state index in [0.29, 0.717) is 13.0 Å². The summed E-state index contributed by atoms with van der Waals surface area (Å²) < 4.78 is 4.71. The lowest BCUT2D eigenvalue weighted by Crippen LogP contribution is -2.34. The van der Waals surface area contributed by atoms with Crippen LogP contribution in [-0.2, 0) is 25.7 Å². The Bertz CT molecular complexity index is 891. The molecular weight excluding hydrogens is 368 g/mol. The standard InChI is InChI=1S/C23H24N2O4/c1-29-23(28)17-24(16-19-6-3-2-4-7-19)21(26)14-11-18-9-12-20(13-10-18)25-15-5-8-22(25)27/h2-4,6-7,9-14H,5,8,15-17H2,1H3/b14-11+. The van der Waals surface area contributed by atoms with Gasteiger partial charge in [0.1, 0.15) is 6.54 Å². The number of methoxy groups -OCH3 is 1. The number of hydrogen-bond donors (Lipinski definition) is 0. The SMILES string of the molecule is COC(=O)CN(Cc1ccccc1)C(=O)/C=C/c1ccc(N2CCCC2=O)cc1. The third-order valence-electron chi connectivity index (χ3n) is 4.77. The Morgan fingerprint density at radius 1 is 1.10 bits per heavy atom. The van der Waals surface area contributed by atoms with E-state index in [0.717, 1.165) is 29.8 Å². The Balaban J connectivity index is 1.68. The fourth-order valence-electron chi connectivity index (χ4n) is 3.20. The first-order valence-electron chi connectivity index (χ1n) is 9.55. The first-order chi connectivity index (χ1) is 14.1. The summed E-state index contributed by atoms with van der Waals surface area (Å²) in [4.78, 5) is 39.4. The van der Waals surface area contributed by atoms with Crippen LogP contribution in [0.1, 0.15) is 24.0 Å². The van der Waals surface area contributed by atoms with Crippen LogP contribution in [0.4, 0.5) is 5.69 Å². The molecule has 0 atom stereocenters. The molecule has 0 aliphatic carbocycles. The molecule has 1 saturated heterocycles. The Labute approximate surface area is 170 Å². The van der Waals surface area contributed by atoms with Crippen LogP contribution in [0.3, 0.4) is 0 Å². The van der Waals surface area contributed by atoms with Crippen LogP contribution in [0.15, 0.2) is 60.7 Å². The quantitative estimate of drug-likeness (QED) is 0.537. The molecule has 1 heterocycles. The molecule has 0 unspecified atom stereocenters. The fraction of sp³-hybridized carbons (Fsp3) is 0.261. The minimum Gasteiger partial charge on any atom is -0.468 e. The van der Waals surface area contributed by atoms with Gasteiger partial charge in [-0.3, -0.25) is 14.4 Å². The summed E-state index contributed by atoms with van der Waals surface area (Å²) >= 11 is 0. The third-order valence-corrected chi connectivity index (χ3v) is 4.77. The highest BCUT2D eigenvalue weighted by atomic mass is 16.5. The fourth-order valence-corrected chi connectivity index (χ4v) is 3.20. The third kappa shape index (κ3) is 5.54. The van der Waals surface area contributed by atoms with Crippen LogP contribution in [0.2, 0.25) is 0 Å². The first-order valence-corrected chi connectivity index (χ1v) is 9.55. The molecule has 29 heavy (non-hydrogen) atoms. The lowest BCUT2D eigenvalue weighted by molar-refractivity contribution is -0.145. The molecular formula is C23H24N2O4. The van der Waals surface area contributed by atoms with E-state index in [-0.39, 0.29) is 18.4 Å². The van der Waals surface area contributed by atoms with Crippen LogP contribution in [0.25, 0.3) is 6.08 Å². The van der Waals surface area contributed by atoms with Gasteiger partial charge in [0.05, 0.1) is 7.11 Å². The van der Waals surface area contributed by atoms with E-state index >= 15 is 0 Å². The van der Waals surface area contributed by atoms with E-state index in [9.17, 15) is 14.4 Å². The van der Waals surface area contributed by atoms with Crippen molar-refractivity contribution in [3.8, 4) is 0 Å². The highest BCUT2D eigenvalue weighted by Crippen LogP contribution is 2.22. The number of amides is 2. The van der Waals surface area contributed by atoms with Crippen molar-refractivity contribution in [3.63, 3.8) is 0 Å². The van der Waals surface area contributed by atoms with Gasteiger partial charge < -0.3 is 14.5 Å². The molecule has 3 rings (SSSR count). The van der Waals surface area contributed by atoms with E-state index in [4.69, 9.17) is 4.74 Å². The van der Waals surface area contributed by atoms with Gasteiger partial charge in [-0.2, -0.15) is 0 Å². The number of nitrogens with zero attached hydrogens (tertiary/aromatic N) is 2. The lowest BCUT2D eigenvalue weighted by Gasteiger charge is -2.20. The summed E-state index contributed by atoms with van der Waals surface area (Å²) in [6.45, 7) is 0.939. The summed E-state index contributed by atoms with van der Waals surface area (Å²) in [6.07, 6.45) is 4.62. The van der Waals surface area contributed by atoms with Crippen molar-refractivity contribution in [1.82, 2.24) is 4.90 Å². The van der Waals surface area contributed by atoms with Gasteiger partial charge in [0.15, 0.2) is 0 Å². The van der Waals surface area contributed by atoms with Crippen molar-refractivity contribution in [1.29, 1.82) is 0 Å². The molecule has 0 spiro atoms. The lowest BCUT2D eigenvalue weighted by atomic mass is 10.1. The number of rotatable bonds is 7. The maximum Gasteiger partial charge on any atom is 0.325 e. The van der Waals surface area contributed by atoms with Gasteiger partial charge in [0, 0.05) is 31.3 Å². The molecule has 0 bridgehead atoms. The summed E-state index contributed by atoms with van der Waals surface area (Å²) in [5, 5.41) is 0. The minimum absolute atomic E-state index is 0.120. The van der Waals surface area contributed by atoms with Crippen molar-refractivity contribution < 1.29 is 19.1 Å². The van der Waals surface area contributed by atoms with Gasteiger partial charge >= 0.3 is 5.97 Å². The van der Waals surface area contributed by atoms with Crippen LogP contribution < -0.4 is 4.90 Å². The van der Waals surface area contributed by atoms with Crippen LogP contribution in [-0.4, -0.2) is 42.9 Å². The topological polar surface area (TPSA) is 66.9 Å². The van der Waals surface area contributed by atoms with Gasteiger partial charge in [0.25, 0.3) is 0 Å². The normalized spacial score (nSPS) is 13.7. The van der Waals surface area contributed by atoms with E-state index < -0.39 is 5.97 Å². The number of carbonyl (C=O) groups is 3. The average molecular weight is 392 g/mol. The number of ether oxygens (including phenoxy) is 1. The Morgan fingerprint density at radius 3 is 2.45 bits per heavy atom. The maximum atomic E-state index is 12.7. The van der Waals surface area contributed by atoms with Crippen molar-refractivity contribution in [2.24, 2.45) is 0 Å².